The molecule has 2 heteroatoms. The summed E-state index contributed by atoms with van der Waals surface area (Å²) in [5.41, 5.74) is 7.81. The monoisotopic (exact) mass is 422 g/mol. The second kappa shape index (κ2) is 8.06. The summed E-state index contributed by atoms with van der Waals surface area (Å²) >= 11 is 3.74. The largest absolute Gasteiger partial charge is 0.140 e. The van der Waals surface area contributed by atoms with Crippen molar-refractivity contribution in [3.63, 3.8) is 0 Å². The van der Waals surface area contributed by atoms with Crippen LogP contribution in [0.5, 0.6) is 0 Å². The quantitative estimate of drug-likeness (QED) is 0.271. The van der Waals surface area contributed by atoms with Crippen molar-refractivity contribution in [1.29, 1.82) is 0 Å². The van der Waals surface area contributed by atoms with Crippen molar-refractivity contribution in [2.24, 2.45) is 0 Å². The molecule has 0 spiro atoms. The van der Waals surface area contributed by atoms with Gasteiger partial charge in [-0.3, -0.25) is 0 Å². The minimum absolute atomic E-state index is 1.28. The van der Waals surface area contributed by atoms with E-state index in [-0.39, 0.29) is 0 Å². The van der Waals surface area contributed by atoms with Crippen molar-refractivity contribution in [3.05, 3.63) is 107 Å². The lowest BCUT2D eigenvalue weighted by Gasteiger charge is -2.01. The van der Waals surface area contributed by atoms with Crippen LogP contribution in [0.15, 0.2) is 97.1 Å². The predicted octanol–water partition coefficient (Wildman–Crippen LogP) is 9.09. The zero-order chi connectivity index (χ0) is 20.5. The van der Waals surface area contributed by atoms with Crippen molar-refractivity contribution in [3.8, 4) is 43.1 Å². The van der Waals surface area contributed by atoms with Crippen molar-refractivity contribution in [1.82, 2.24) is 0 Å². The summed E-state index contributed by atoms with van der Waals surface area (Å²) in [5.74, 6) is 0. The molecule has 30 heavy (non-hydrogen) atoms. The molecule has 0 aliphatic rings. The first-order chi connectivity index (χ1) is 14.7. The van der Waals surface area contributed by atoms with Gasteiger partial charge in [-0.2, -0.15) is 0 Å². The van der Waals surface area contributed by atoms with Gasteiger partial charge >= 0.3 is 0 Å². The highest BCUT2D eigenvalue weighted by Gasteiger charge is 2.11. The van der Waals surface area contributed by atoms with Gasteiger partial charge < -0.3 is 0 Å². The minimum Gasteiger partial charge on any atom is -0.140 e. The summed E-state index contributed by atoms with van der Waals surface area (Å²) in [6, 6.07) is 35.0. The fourth-order valence-corrected chi connectivity index (χ4v) is 5.95. The molecule has 5 rings (SSSR count). The highest BCUT2D eigenvalue weighted by atomic mass is 32.1. The molecule has 3 aromatic carbocycles. The maximum Gasteiger partial charge on any atom is 0.0351 e. The Bertz CT molecular complexity index is 1170. The summed E-state index contributed by atoms with van der Waals surface area (Å²) in [4.78, 5) is 5.37. The number of rotatable bonds is 4. The SMILES string of the molecule is Cc1sc(-c2ccc(-c3cc(-c4ccccc4)c(C)s3)cc2)cc1-c1ccccc1. The fourth-order valence-electron chi connectivity index (χ4n) is 3.86. The van der Waals surface area contributed by atoms with E-state index in [0.717, 1.165) is 0 Å². The zero-order valence-electron chi connectivity index (χ0n) is 17.1. The smallest absolute Gasteiger partial charge is 0.0351 e. The van der Waals surface area contributed by atoms with Gasteiger partial charge in [0.15, 0.2) is 0 Å². The van der Waals surface area contributed by atoms with Crippen LogP contribution in [0.4, 0.5) is 0 Å². The van der Waals surface area contributed by atoms with Crippen LogP contribution < -0.4 is 0 Å². The lowest BCUT2D eigenvalue weighted by Crippen LogP contribution is -1.76. The Morgan fingerprint density at radius 1 is 0.433 bits per heavy atom. The molecule has 0 amide bonds. The molecule has 0 N–H and O–H groups in total. The highest BCUT2D eigenvalue weighted by Crippen LogP contribution is 2.39. The highest BCUT2D eigenvalue weighted by molar-refractivity contribution is 7.16. The van der Waals surface area contributed by atoms with Gasteiger partial charge in [-0.05, 0) is 59.4 Å². The first-order valence-corrected chi connectivity index (χ1v) is 11.7. The van der Waals surface area contributed by atoms with Crippen molar-refractivity contribution in [2.45, 2.75) is 13.8 Å². The third-order valence-corrected chi connectivity index (χ3v) is 7.66. The molecule has 0 aliphatic heterocycles. The van der Waals surface area contributed by atoms with Gasteiger partial charge in [0.1, 0.15) is 0 Å². The van der Waals surface area contributed by atoms with Gasteiger partial charge in [-0.15, -0.1) is 22.7 Å². The van der Waals surface area contributed by atoms with E-state index in [1.54, 1.807) is 0 Å². The molecule has 146 valence electrons. The van der Waals surface area contributed by atoms with Crippen LogP contribution in [-0.2, 0) is 0 Å². The molecule has 0 bridgehead atoms. The molecule has 2 heterocycles. The fraction of sp³-hybridized carbons (Fsp3) is 0.0714. The van der Waals surface area contributed by atoms with Crippen molar-refractivity contribution in [2.75, 3.05) is 0 Å². The Morgan fingerprint density at radius 3 is 1.17 bits per heavy atom. The number of benzene rings is 3. The van der Waals surface area contributed by atoms with E-state index >= 15 is 0 Å². The Morgan fingerprint density at radius 2 is 0.800 bits per heavy atom. The molecule has 0 nitrogen and oxygen atoms in total. The number of thiophene rings is 2. The normalized spacial score (nSPS) is 11.0. The summed E-state index contributed by atoms with van der Waals surface area (Å²) in [6.07, 6.45) is 0. The van der Waals surface area contributed by atoms with E-state index in [4.69, 9.17) is 0 Å². The van der Waals surface area contributed by atoms with E-state index in [0.29, 0.717) is 0 Å². The van der Waals surface area contributed by atoms with Crippen molar-refractivity contribution >= 4 is 22.7 Å². The lowest BCUT2D eigenvalue weighted by atomic mass is 10.0. The first kappa shape index (κ1) is 19.0. The summed E-state index contributed by atoms with van der Waals surface area (Å²) in [6.45, 7) is 4.43. The number of aryl methyl sites for hydroxylation is 2. The maximum atomic E-state index is 2.33. The molecule has 2 aromatic heterocycles. The van der Waals surface area contributed by atoms with Crippen molar-refractivity contribution < 1.29 is 0 Å². The minimum atomic E-state index is 1.28. The number of hydrogen-bond acceptors (Lipinski definition) is 2. The standard InChI is InChI=1S/C28H22S2/c1-19-25(21-9-5-3-6-10-21)17-27(29-19)23-13-15-24(16-14-23)28-18-26(20(2)30-28)22-11-7-4-8-12-22/h3-18H,1-2H3. The van der Waals surface area contributed by atoms with E-state index in [9.17, 15) is 0 Å². The van der Waals surface area contributed by atoms with Gasteiger partial charge in [0, 0.05) is 19.5 Å². The Balaban J connectivity index is 1.45. The van der Waals surface area contributed by atoms with Crippen LogP contribution in [0.25, 0.3) is 43.1 Å². The molecule has 0 unspecified atom stereocenters. The Labute approximate surface area is 186 Å². The van der Waals surface area contributed by atoms with Crippen LogP contribution >= 0.6 is 22.7 Å². The van der Waals surface area contributed by atoms with Gasteiger partial charge in [0.2, 0.25) is 0 Å². The molecular weight excluding hydrogens is 400 g/mol. The molecule has 5 aromatic rings. The molecular formula is C28H22S2. The van der Waals surface area contributed by atoms with Crippen LogP contribution in [-0.4, -0.2) is 0 Å². The van der Waals surface area contributed by atoms with Crippen LogP contribution in [0, 0.1) is 13.8 Å². The summed E-state index contributed by atoms with van der Waals surface area (Å²) in [7, 11) is 0. The maximum absolute atomic E-state index is 2.33. The van der Waals surface area contributed by atoms with E-state index in [1.165, 1.54) is 52.9 Å². The second-order valence-electron chi connectivity index (χ2n) is 7.47. The van der Waals surface area contributed by atoms with Gasteiger partial charge in [-0.1, -0.05) is 84.9 Å². The third-order valence-electron chi connectivity index (χ3n) is 5.46. The van der Waals surface area contributed by atoms with Crippen LogP contribution in [0.1, 0.15) is 9.75 Å². The van der Waals surface area contributed by atoms with Gasteiger partial charge in [-0.25, -0.2) is 0 Å². The topological polar surface area (TPSA) is 0 Å². The van der Waals surface area contributed by atoms with Gasteiger partial charge in [0.25, 0.3) is 0 Å². The second-order valence-corrected chi connectivity index (χ2v) is 9.98. The molecule has 0 saturated heterocycles. The molecule has 0 fully saturated rings. The number of hydrogen-bond donors (Lipinski definition) is 0. The van der Waals surface area contributed by atoms with E-state index in [1.807, 2.05) is 22.7 Å². The summed E-state index contributed by atoms with van der Waals surface area (Å²) < 4.78 is 0. The predicted molar refractivity (Wildman–Crippen MR) is 133 cm³/mol. The van der Waals surface area contributed by atoms with E-state index < -0.39 is 0 Å². The molecule has 0 saturated carbocycles. The Hall–Kier alpha value is -2.94. The first-order valence-electron chi connectivity index (χ1n) is 10.1. The Kier molecular flexibility index (Phi) is 5.12. The average molecular weight is 423 g/mol. The van der Waals surface area contributed by atoms with Gasteiger partial charge in [0.05, 0.1) is 0 Å². The summed E-state index contributed by atoms with van der Waals surface area (Å²) in [5, 5.41) is 0. The zero-order valence-corrected chi connectivity index (χ0v) is 18.7. The molecule has 0 radical (unpaired) electrons. The average Bonchev–Trinajstić information content (AvgIpc) is 3.38. The van der Waals surface area contributed by atoms with E-state index in [2.05, 4.69) is 111 Å². The van der Waals surface area contributed by atoms with Crippen LogP contribution in [0.3, 0.4) is 0 Å². The lowest BCUT2D eigenvalue weighted by molar-refractivity contribution is 1.58. The third kappa shape index (κ3) is 3.65. The molecule has 0 aliphatic carbocycles. The molecule has 0 atom stereocenters. The van der Waals surface area contributed by atoms with Crippen LogP contribution in [0.2, 0.25) is 0 Å².